The third-order valence-electron chi connectivity index (χ3n) is 6.34. The van der Waals surface area contributed by atoms with Crippen LogP contribution in [0.25, 0.3) is 0 Å². The van der Waals surface area contributed by atoms with Gasteiger partial charge in [-0.3, -0.25) is 4.79 Å². The Kier molecular flexibility index (Phi) is 7.42. The van der Waals surface area contributed by atoms with Gasteiger partial charge in [0.1, 0.15) is 5.75 Å². The number of sulfonamides is 1. The van der Waals surface area contributed by atoms with Gasteiger partial charge in [0, 0.05) is 56.6 Å². The van der Waals surface area contributed by atoms with E-state index in [4.69, 9.17) is 4.74 Å². The molecule has 0 spiro atoms. The number of benzene rings is 3. The van der Waals surface area contributed by atoms with Crippen LogP contribution in [0, 0.1) is 6.92 Å². The van der Waals surface area contributed by atoms with Gasteiger partial charge in [0.15, 0.2) is 0 Å². The van der Waals surface area contributed by atoms with Gasteiger partial charge in [0.05, 0.1) is 12.0 Å². The zero-order valence-corrected chi connectivity index (χ0v) is 21.2. The molecule has 0 N–H and O–H groups in total. The van der Waals surface area contributed by atoms with Gasteiger partial charge in [-0.05, 0) is 49.4 Å². The van der Waals surface area contributed by atoms with E-state index in [1.807, 2.05) is 30.0 Å². The lowest BCUT2D eigenvalue weighted by Crippen LogP contribution is -2.48. The molecule has 1 aliphatic rings. The van der Waals surface area contributed by atoms with Gasteiger partial charge in [0.25, 0.3) is 5.91 Å². The van der Waals surface area contributed by atoms with Crippen LogP contribution in [0.1, 0.15) is 21.5 Å². The fourth-order valence-corrected chi connectivity index (χ4v) is 5.39. The van der Waals surface area contributed by atoms with E-state index < -0.39 is 10.0 Å². The maximum Gasteiger partial charge on any atom is 0.253 e. The third kappa shape index (κ3) is 5.49. The van der Waals surface area contributed by atoms with E-state index in [2.05, 4.69) is 17.0 Å². The molecule has 184 valence electrons. The van der Waals surface area contributed by atoms with E-state index in [9.17, 15) is 13.2 Å². The molecule has 0 unspecified atom stereocenters. The molecule has 7 nitrogen and oxygen atoms in total. The Morgan fingerprint density at radius 3 is 2.23 bits per heavy atom. The van der Waals surface area contributed by atoms with Crippen molar-refractivity contribution in [2.75, 3.05) is 45.2 Å². The van der Waals surface area contributed by atoms with E-state index in [1.54, 1.807) is 42.5 Å². The number of amides is 1. The SMILES string of the molecule is COc1ccc(C(=O)N2CCN(c3ccccc3)CC2)cc1CN(C)S(=O)(=O)c1ccc(C)cc1. The van der Waals surface area contributed by atoms with Crippen molar-refractivity contribution in [1.82, 2.24) is 9.21 Å². The standard InChI is InChI=1S/C27H31N3O4S/c1-21-9-12-25(13-10-21)35(32,33)28(2)20-23-19-22(11-14-26(23)34-3)27(31)30-17-15-29(16-18-30)24-7-5-4-6-8-24/h4-14,19H,15-18,20H2,1-3H3. The number of aryl methyl sites for hydroxylation is 1. The molecule has 3 aromatic rings. The minimum atomic E-state index is -3.69. The number of carbonyl (C=O) groups excluding carboxylic acids is 1. The topological polar surface area (TPSA) is 70.2 Å². The minimum Gasteiger partial charge on any atom is -0.496 e. The molecule has 0 aliphatic carbocycles. The molecule has 0 aromatic heterocycles. The van der Waals surface area contributed by atoms with Gasteiger partial charge in [-0.1, -0.05) is 35.9 Å². The van der Waals surface area contributed by atoms with Crippen LogP contribution in [0.2, 0.25) is 0 Å². The molecule has 1 amide bonds. The summed E-state index contributed by atoms with van der Waals surface area (Å²) in [5, 5.41) is 0. The average molecular weight is 494 g/mol. The molecule has 4 rings (SSSR count). The highest BCUT2D eigenvalue weighted by Crippen LogP contribution is 2.25. The van der Waals surface area contributed by atoms with Crippen LogP contribution in [0.15, 0.2) is 77.7 Å². The molecule has 0 bridgehead atoms. The molecule has 1 saturated heterocycles. The number of hydrogen-bond acceptors (Lipinski definition) is 5. The van der Waals surface area contributed by atoms with Crippen LogP contribution < -0.4 is 9.64 Å². The van der Waals surface area contributed by atoms with Crippen molar-refractivity contribution in [3.63, 3.8) is 0 Å². The second kappa shape index (κ2) is 10.5. The van der Waals surface area contributed by atoms with Crippen molar-refractivity contribution in [3.8, 4) is 5.75 Å². The predicted molar refractivity (Wildman–Crippen MR) is 137 cm³/mol. The second-order valence-corrected chi connectivity index (χ2v) is 10.8. The first-order chi connectivity index (χ1) is 16.8. The molecule has 0 radical (unpaired) electrons. The summed E-state index contributed by atoms with van der Waals surface area (Å²) in [6.07, 6.45) is 0. The Balaban J connectivity index is 1.48. The van der Waals surface area contributed by atoms with Crippen molar-refractivity contribution in [1.29, 1.82) is 0 Å². The average Bonchev–Trinajstić information content (AvgIpc) is 2.89. The lowest BCUT2D eigenvalue weighted by molar-refractivity contribution is 0.0746. The number of anilines is 1. The lowest BCUT2D eigenvalue weighted by Gasteiger charge is -2.36. The van der Waals surface area contributed by atoms with Gasteiger partial charge >= 0.3 is 0 Å². The number of ether oxygens (including phenoxy) is 1. The minimum absolute atomic E-state index is 0.0642. The van der Waals surface area contributed by atoms with Crippen LogP contribution in [0.5, 0.6) is 5.75 Å². The molecule has 1 heterocycles. The number of nitrogens with zero attached hydrogens (tertiary/aromatic N) is 3. The van der Waals surface area contributed by atoms with Crippen LogP contribution in [-0.2, 0) is 16.6 Å². The molecule has 1 aliphatic heterocycles. The highest BCUT2D eigenvalue weighted by molar-refractivity contribution is 7.89. The van der Waals surface area contributed by atoms with Crippen molar-refractivity contribution in [3.05, 3.63) is 89.5 Å². The monoisotopic (exact) mass is 493 g/mol. The van der Waals surface area contributed by atoms with E-state index >= 15 is 0 Å². The van der Waals surface area contributed by atoms with E-state index in [-0.39, 0.29) is 17.3 Å². The normalized spacial score (nSPS) is 14.3. The number of carbonyl (C=O) groups is 1. The lowest BCUT2D eigenvalue weighted by atomic mass is 10.1. The van der Waals surface area contributed by atoms with Crippen molar-refractivity contribution in [2.24, 2.45) is 0 Å². The summed E-state index contributed by atoms with van der Waals surface area (Å²) >= 11 is 0. The Morgan fingerprint density at radius 2 is 1.60 bits per heavy atom. The van der Waals surface area contributed by atoms with Crippen molar-refractivity contribution >= 4 is 21.6 Å². The quantitative estimate of drug-likeness (QED) is 0.501. The largest absolute Gasteiger partial charge is 0.496 e. The van der Waals surface area contributed by atoms with E-state index in [1.165, 1.54) is 18.5 Å². The summed E-state index contributed by atoms with van der Waals surface area (Å²) in [7, 11) is -0.615. The maximum atomic E-state index is 13.3. The smallest absolute Gasteiger partial charge is 0.253 e. The summed E-state index contributed by atoms with van der Waals surface area (Å²) in [5.41, 5.74) is 3.31. The Morgan fingerprint density at radius 1 is 0.943 bits per heavy atom. The fourth-order valence-electron chi connectivity index (χ4n) is 4.24. The van der Waals surface area contributed by atoms with Crippen LogP contribution in [0.3, 0.4) is 0 Å². The summed E-state index contributed by atoms with van der Waals surface area (Å²) in [6.45, 7) is 4.76. The highest BCUT2D eigenvalue weighted by atomic mass is 32.2. The number of piperazine rings is 1. The number of hydrogen-bond donors (Lipinski definition) is 0. The van der Waals surface area contributed by atoms with Crippen LogP contribution in [0.4, 0.5) is 5.69 Å². The van der Waals surface area contributed by atoms with Gasteiger partial charge in [0.2, 0.25) is 10.0 Å². The summed E-state index contributed by atoms with van der Waals surface area (Å²) < 4.78 is 32.9. The number of rotatable bonds is 7. The Hall–Kier alpha value is -3.36. The Bertz CT molecular complexity index is 1270. The zero-order chi connectivity index (χ0) is 25.0. The summed E-state index contributed by atoms with van der Waals surface area (Å²) in [6, 6.07) is 22.2. The van der Waals surface area contributed by atoms with Crippen LogP contribution >= 0.6 is 0 Å². The maximum absolute atomic E-state index is 13.3. The first-order valence-corrected chi connectivity index (χ1v) is 13.0. The molecule has 35 heavy (non-hydrogen) atoms. The molecule has 0 saturated carbocycles. The molecular weight excluding hydrogens is 462 g/mol. The number of methoxy groups -OCH3 is 1. The predicted octanol–water partition coefficient (Wildman–Crippen LogP) is 3.79. The van der Waals surface area contributed by atoms with E-state index in [0.29, 0.717) is 30.0 Å². The molecule has 1 fully saturated rings. The first kappa shape index (κ1) is 24.8. The van der Waals surface area contributed by atoms with Crippen molar-refractivity contribution < 1.29 is 17.9 Å². The summed E-state index contributed by atoms with van der Waals surface area (Å²) in [5.74, 6) is 0.479. The van der Waals surface area contributed by atoms with Gasteiger partial charge in [-0.2, -0.15) is 4.31 Å². The third-order valence-corrected chi connectivity index (χ3v) is 8.16. The van der Waals surface area contributed by atoms with Gasteiger partial charge < -0.3 is 14.5 Å². The van der Waals surface area contributed by atoms with Gasteiger partial charge in [-0.25, -0.2) is 8.42 Å². The van der Waals surface area contributed by atoms with Crippen LogP contribution in [-0.4, -0.2) is 63.9 Å². The highest BCUT2D eigenvalue weighted by Gasteiger charge is 2.25. The van der Waals surface area contributed by atoms with Gasteiger partial charge in [-0.15, -0.1) is 0 Å². The molecule has 0 atom stereocenters. The fraction of sp³-hybridized carbons (Fsp3) is 0.296. The molecule has 8 heteroatoms. The van der Waals surface area contributed by atoms with E-state index in [0.717, 1.165) is 24.3 Å². The Labute approximate surface area is 207 Å². The molecular formula is C27H31N3O4S. The van der Waals surface area contributed by atoms with Crippen molar-refractivity contribution in [2.45, 2.75) is 18.4 Å². The second-order valence-electron chi connectivity index (χ2n) is 8.72. The number of para-hydroxylation sites is 1. The summed E-state index contributed by atoms with van der Waals surface area (Å²) in [4.78, 5) is 17.6. The molecule has 3 aromatic carbocycles. The first-order valence-electron chi connectivity index (χ1n) is 11.6. The zero-order valence-electron chi connectivity index (χ0n) is 20.3.